The van der Waals surface area contributed by atoms with Gasteiger partial charge >= 0.3 is 12.1 Å². The minimum absolute atomic E-state index is 0.113. The number of aromatic nitrogens is 3. The van der Waals surface area contributed by atoms with Crippen LogP contribution in [0.15, 0.2) is 18.2 Å². The van der Waals surface area contributed by atoms with E-state index in [4.69, 9.17) is 9.90 Å². The van der Waals surface area contributed by atoms with Gasteiger partial charge in [-0.2, -0.15) is 13.2 Å². The summed E-state index contributed by atoms with van der Waals surface area (Å²) in [6.45, 7) is 3.88. The quantitative estimate of drug-likeness (QED) is 0.675. The van der Waals surface area contributed by atoms with E-state index in [1.807, 2.05) is 23.1 Å². The molecule has 0 aliphatic carbocycles. The van der Waals surface area contributed by atoms with Gasteiger partial charge in [-0.1, -0.05) is 5.21 Å². The lowest BCUT2D eigenvalue weighted by Gasteiger charge is -2.33. The molecule has 3 N–H and O–H groups in total. The molecule has 4 rings (SSSR count). The normalized spacial score (nSPS) is 22.2. The third kappa shape index (κ3) is 4.41. The van der Waals surface area contributed by atoms with E-state index in [1.165, 1.54) is 12.8 Å². The lowest BCUT2D eigenvalue weighted by molar-refractivity contribution is -0.192. The van der Waals surface area contributed by atoms with Gasteiger partial charge in [0.25, 0.3) is 5.91 Å². The van der Waals surface area contributed by atoms with Crippen molar-refractivity contribution in [1.29, 1.82) is 0 Å². The van der Waals surface area contributed by atoms with Crippen LogP contribution in [0.4, 0.5) is 13.2 Å². The molecule has 11 heteroatoms. The van der Waals surface area contributed by atoms with E-state index in [0.29, 0.717) is 11.0 Å². The Morgan fingerprint density at radius 1 is 1.25 bits per heavy atom. The second-order valence-electron chi connectivity index (χ2n) is 7.10. The number of amides is 1. The van der Waals surface area contributed by atoms with Crippen molar-refractivity contribution >= 4 is 22.9 Å². The molecular weight excluding hydrogens is 379 g/mol. The van der Waals surface area contributed by atoms with Crippen LogP contribution in [-0.2, 0) is 4.79 Å². The Bertz CT molecular complexity index is 861. The number of aliphatic carboxylic acids is 1. The van der Waals surface area contributed by atoms with Crippen LogP contribution in [0.2, 0.25) is 0 Å². The minimum atomic E-state index is -5.08. The lowest BCUT2D eigenvalue weighted by atomic mass is 9.80. The van der Waals surface area contributed by atoms with Gasteiger partial charge in [0.05, 0.1) is 5.52 Å². The van der Waals surface area contributed by atoms with Crippen LogP contribution in [0, 0.1) is 5.41 Å². The Labute approximate surface area is 158 Å². The van der Waals surface area contributed by atoms with Gasteiger partial charge in [0.1, 0.15) is 5.52 Å². The van der Waals surface area contributed by atoms with E-state index < -0.39 is 12.1 Å². The van der Waals surface area contributed by atoms with Crippen LogP contribution >= 0.6 is 0 Å². The molecule has 1 spiro atoms. The number of halogens is 3. The average molecular weight is 399 g/mol. The van der Waals surface area contributed by atoms with Crippen molar-refractivity contribution in [3.8, 4) is 0 Å². The summed E-state index contributed by atoms with van der Waals surface area (Å²) in [6, 6.07) is 5.55. The largest absolute Gasteiger partial charge is 0.490 e. The van der Waals surface area contributed by atoms with Crippen LogP contribution in [0.5, 0.6) is 0 Å². The Morgan fingerprint density at radius 2 is 2.00 bits per heavy atom. The first-order valence-corrected chi connectivity index (χ1v) is 8.81. The number of carboxylic acids is 1. The maximum atomic E-state index is 12.7. The van der Waals surface area contributed by atoms with Crippen molar-refractivity contribution in [2.45, 2.75) is 25.4 Å². The van der Waals surface area contributed by atoms with Crippen molar-refractivity contribution in [1.82, 2.24) is 25.6 Å². The van der Waals surface area contributed by atoms with E-state index in [1.54, 1.807) is 0 Å². The summed E-state index contributed by atoms with van der Waals surface area (Å²) in [5.41, 5.74) is 2.61. The molecule has 8 nitrogen and oxygen atoms in total. The van der Waals surface area contributed by atoms with Crippen LogP contribution in [-0.4, -0.2) is 69.6 Å². The number of alkyl halides is 3. The average Bonchev–Trinajstić information content (AvgIpc) is 3.28. The molecule has 1 aromatic heterocycles. The minimum Gasteiger partial charge on any atom is -0.475 e. The number of nitrogens with zero attached hydrogens (tertiary/aromatic N) is 3. The van der Waals surface area contributed by atoms with Crippen molar-refractivity contribution in [2.24, 2.45) is 5.41 Å². The van der Waals surface area contributed by atoms with Crippen molar-refractivity contribution in [2.75, 3.05) is 26.2 Å². The molecule has 1 amide bonds. The Hall–Kier alpha value is -2.69. The smallest absolute Gasteiger partial charge is 0.475 e. The number of carbonyl (C=O) groups excluding carboxylic acids is 1. The van der Waals surface area contributed by atoms with Gasteiger partial charge in [-0.15, -0.1) is 5.10 Å². The number of rotatable bonds is 1. The predicted octanol–water partition coefficient (Wildman–Crippen LogP) is 1.81. The monoisotopic (exact) mass is 399 g/mol. The first-order chi connectivity index (χ1) is 13.2. The van der Waals surface area contributed by atoms with E-state index in [0.717, 1.165) is 43.6 Å². The highest BCUT2D eigenvalue weighted by Crippen LogP contribution is 2.37. The Balaban J connectivity index is 0.000000279. The van der Waals surface area contributed by atoms with Crippen molar-refractivity contribution in [3.63, 3.8) is 0 Å². The van der Waals surface area contributed by atoms with E-state index in [-0.39, 0.29) is 5.91 Å². The van der Waals surface area contributed by atoms with Gasteiger partial charge in [-0.3, -0.25) is 9.89 Å². The molecule has 0 saturated carbocycles. The summed E-state index contributed by atoms with van der Waals surface area (Å²) in [7, 11) is 0. The van der Waals surface area contributed by atoms with E-state index in [9.17, 15) is 18.0 Å². The lowest BCUT2D eigenvalue weighted by Crippen LogP contribution is -2.42. The number of likely N-dealkylation sites (tertiary alicyclic amines) is 1. The van der Waals surface area contributed by atoms with Crippen molar-refractivity contribution < 1.29 is 27.9 Å². The van der Waals surface area contributed by atoms with Crippen LogP contribution in [0.1, 0.15) is 29.6 Å². The highest BCUT2D eigenvalue weighted by atomic mass is 19.4. The van der Waals surface area contributed by atoms with E-state index >= 15 is 0 Å². The number of carboxylic acid groups (broad SMARTS) is 1. The zero-order chi connectivity index (χ0) is 20.4. The fourth-order valence-corrected chi connectivity index (χ4v) is 3.64. The van der Waals surface area contributed by atoms with Gasteiger partial charge in [-0.05, 0) is 44.0 Å². The molecule has 2 aliphatic heterocycles. The summed E-state index contributed by atoms with van der Waals surface area (Å²) in [5.74, 6) is -2.64. The summed E-state index contributed by atoms with van der Waals surface area (Å²) in [5, 5.41) is 21.2. The first kappa shape index (κ1) is 20.1. The Morgan fingerprint density at radius 3 is 2.64 bits per heavy atom. The fourth-order valence-electron chi connectivity index (χ4n) is 3.64. The number of hydrogen-bond acceptors (Lipinski definition) is 5. The number of H-pyrrole nitrogens is 1. The molecule has 2 fully saturated rings. The predicted molar refractivity (Wildman–Crippen MR) is 92.6 cm³/mol. The van der Waals surface area contributed by atoms with Crippen LogP contribution in [0.3, 0.4) is 0 Å². The summed E-state index contributed by atoms with van der Waals surface area (Å²) in [4.78, 5) is 23.6. The van der Waals surface area contributed by atoms with Gasteiger partial charge in [0.2, 0.25) is 0 Å². The van der Waals surface area contributed by atoms with Gasteiger partial charge in [0.15, 0.2) is 0 Å². The molecule has 152 valence electrons. The van der Waals surface area contributed by atoms with Gasteiger partial charge in [0, 0.05) is 30.6 Å². The molecule has 1 unspecified atom stereocenters. The maximum absolute atomic E-state index is 12.7. The highest BCUT2D eigenvalue weighted by molar-refractivity contribution is 5.97. The molecule has 0 bridgehead atoms. The molecule has 2 saturated heterocycles. The van der Waals surface area contributed by atoms with Crippen LogP contribution < -0.4 is 5.32 Å². The SMILES string of the molecule is O=C(O)C(F)(F)F.O=C(c1ccc2[nH]nnc2c1)N1CCC2(CCCNC2)C1. The first-order valence-electron chi connectivity index (χ1n) is 8.81. The summed E-state index contributed by atoms with van der Waals surface area (Å²) >= 11 is 0. The number of nitrogens with one attached hydrogen (secondary N) is 2. The third-order valence-corrected chi connectivity index (χ3v) is 5.10. The standard InChI is InChI=1S/C15H19N5O.C2HF3O2/c21-14(11-2-3-12-13(8-11)18-19-17-12)20-7-5-15(10-20)4-1-6-16-9-15;3-2(4,5)1(6)7/h2-3,8,16H,1,4-7,9-10H2,(H,17,18,19);(H,6,7). The molecule has 1 atom stereocenters. The van der Waals surface area contributed by atoms with Crippen molar-refractivity contribution in [3.05, 3.63) is 23.8 Å². The topological polar surface area (TPSA) is 111 Å². The number of benzene rings is 1. The fraction of sp³-hybridized carbons (Fsp3) is 0.529. The number of fused-ring (bicyclic) bond motifs is 1. The van der Waals surface area contributed by atoms with E-state index in [2.05, 4.69) is 20.7 Å². The molecule has 3 heterocycles. The molecule has 0 radical (unpaired) electrons. The number of aromatic amines is 1. The second-order valence-corrected chi connectivity index (χ2v) is 7.10. The molecule has 2 aliphatic rings. The zero-order valence-corrected chi connectivity index (χ0v) is 14.9. The highest BCUT2D eigenvalue weighted by Gasteiger charge is 2.40. The number of carbonyl (C=O) groups is 2. The second kappa shape index (κ2) is 7.74. The Kier molecular flexibility index (Phi) is 5.54. The van der Waals surface area contributed by atoms with Crippen LogP contribution in [0.25, 0.3) is 11.0 Å². The van der Waals surface area contributed by atoms with Gasteiger partial charge in [-0.25, -0.2) is 4.79 Å². The summed E-state index contributed by atoms with van der Waals surface area (Å²) in [6.07, 6.45) is -1.53. The zero-order valence-electron chi connectivity index (χ0n) is 14.9. The molecule has 28 heavy (non-hydrogen) atoms. The number of hydrogen-bond donors (Lipinski definition) is 3. The molecule has 2 aromatic rings. The number of piperidine rings is 1. The molecule has 1 aromatic carbocycles. The third-order valence-electron chi connectivity index (χ3n) is 5.10. The maximum Gasteiger partial charge on any atom is 0.490 e. The van der Waals surface area contributed by atoms with Gasteiger partial charge < -0.3 is 15.3 Å². The molecular formula is C17H20F3N5O3. The summed E-state index contributed by atoms with van der Waals surface area (Å²) < 4.78 is 31.7.